The average molecular weight is 198 g/mol. The Labute approximate surface area is 84.4 Å². The Morgan fingerprint density at radius 1 is 1.43 bits per heavy atom. The number of likely N-dealkylation sites (tertiary alicyclic amines) is 1. The molecule has 3 atom stereocenters. The summed E-state index contributed by atoms with van der Waals surface area (Å²) in [4.78, 5) is 13.3. The van der Waals surface area contributed by atoms with Crippen molar-refractivity contribution in [3.63, 3.8) is 0 Å². The lowest BCUT2D eigenvalue weighted by Gasteiger charge is -2.34. The molecule has 1 saturated carbocycles. The highest BCUT2D eigenvalue weighted by Crippen LogP contribution is 2.35. The third-order valence-corrected chi connectivity index (χ3v) is 3.59. The Kier molecular flexibility index (Phi) is 2.63. The Morgan fingerprint density at radius 2 is 2.21 bits per heavy atom. The van der Waals surface area contributed by atoms with Gasteiger partial charge < -0.3 is 15.4 Å². The average Bonchev–Trinajstić information content (AvgIpc) is 2.62. The van der Waals surface area contributed by atoms with E-state index in [-0.39, 0.29) is 12.1 Å². The molecule has 2 N–H and O–H groups in total. The van der Waals surface area contributed by atoms with E-state index < -0.39 is 0 Å². The Morgan fingerprint density at radius 3 is 2.93 bits per heavy atom. The molecule has 80 valence electrons. The molecule has 0 spiro atoms. The standard InChI is InChI=1S/C10H18N2O2/c1-14-10(13)12-6-5-7-8(11)3-2-4-9(7)12/h7-9H,2-6,11H2,1H3/t7-,8+,9+/m1/s1. The van der Waals surface area contributed by atoms with E-state index in [1.54, 1.807) is 0 Å². The van der Waals surface area contributed by atoms with Crippen LogP contribution in [-0.4, -0.2) is 36.7 Å². The maximum Gasteiger partial charge on any atom is 0.409 e. The maximum absolute atomic E-state index is 11.4. The Balaban J connectivity index is 2.07. The summed E-state index contributed by atoms with van der Waals surface area (Å²) in [5.41, 5.74) is 6.04. The summed E-state index contributed by atoms with van der Waals surface area (Å²) in [6, 6.07) is 0.620. The normalized spacial score (nSPS) is 36.7. The molecule has 1 amide bonds. The highest BCUT2D eigenvalue weighted by atomic mass is 16.5. The number of nitrogens with zero attached hydrogens (tertiary/aromatic N) is 1. The van der Waals surface area contributed by atoms with Crippen molar-refractivity contribution in [1.29, 1.82) is 0 Å². The van der Waals surface area contributed by atoms with Crippen LogP contribution in [0.25, 0.3) is 0 Å². The van der Waals surface area contributed by atoms with Gasteiger partial charge in [-0.2, -0.15) is 0 Å². The number of carbonyl (C=O) groups is 1. The van der Waals surface area contributed by atoms with Crippen LogP contribution in [0.3, 0.4) is 0 Å². The number of nitrogens with two attached hydrogens (primary N) is 1. The Hall–Kier alpha value is -0.770. The number of ether oxygens (including phenoxy) is 1. The lowest BCUT2D eigenvalue weighted by molar-refractivity contribution is 0.103. The van der Waals surface area contributed by atoms with Crippen LogP contribution in [-0.2, 0) is 4.74 Å². The van der Waals surface area contributed by atoms with E-state index in [1.807, 2.05) is 4.90 Å². The van der Waals surface area contributed by atoms with Gasteiger partial charge in [-0.3, -0.25) is 0 Å². The minimum Gasteiger partial charge on any atom is -0.453 e. The van der Waals surface area contributed by atoms with Crippen molar-refractivity contribution < 1.29 is 9.53 Å². The summed E-state index contributed by atoms with van der Waals surface area (Å²) in [6.45, 7) is 0.815. The lowest BCUT2D eigenvalue weighted by atomic mass is 9.81. The van der Waals surface area contributed by atoms with Crippen molar-refractivity contribution in [2.75, 3.05) is 13.7 Å². The van der Waals surface area contributed by atoms with E-state index in [4.69, 9.17) is 10.5 Å². The van der Waals surface area contributed by atoms with Gasteiger partial charge in [-0.15, -0.1) is 0 Å². The predicted molar refractivity (Wildman–Crippen MR) is 52.8 cm³/mol. The van der Waals surface area contributed by atoms with Crippen molar-refractivity contribution in [1.82, 2.24) is 4.90 Å². The van der Waals surface area contributed by atoms with Crippen LogP contribution in [0.2, 0.25) is 0 Å². The minimum absolute atomic E-state index is 0.188. The first-order chi connectivity index (χ1) is 6.74. The number of fused-ring (bicyclic) bond motifs is 1. The first kappa shape index (κ1) is 9.77. The molecule has 14 heavy (non-hydrogen) atoms. The summed E-state index contributed by atoms with van der Waals surface area (Å²) in [6.07, 6.45) is 4.19. The van der Waals surface area contributed by atoms with Crippen molar-refractivity contribution >= 4 is 6.09 Å². The van der Waals surface area contributed by atoms with Gasteiger partial charge in [0.2, 0.25) is 0 Å². The number of amides is 1. The van der Waals surface area contributed by atoms with Crippen LogP contribution in [0.5, 0.6) is 0 Å². The number of hydrogen-bond acceptors (Lipinski definition) is 3. The highest BCUT2D eigenvalue weighted by Gasteiger charge is 2.42. The van der Waals surface area contributed by atoms with Crippen LogP contribution >= 0.6 is 0 Å². The second-order valence-corrected chi connectivity index (χ2v) is 4.28. The predicted octanol–water partition coefficient (Wildman–Crippen LogP) is 0.954. The van der Waals surface area contributed by atoms with Crippen LogP contribution in [0.1, 0.15) is 25.7 Å². The second-order valence-electron chi connectivity index (χ2n) is 4.28. The molecule has 4 nitrogen and oxygen atoms in total. The van der Waals surface area contributed by atoms with E-state index in [0.29, 0.717) is 12.0 Å². The van der Waals surface area contributed by atoms with Gasteiger partial charge in [0.1, 0.15) is 0 Å². The molecule has 1 saturated heterocycles. The quantitative estimate of drug-likeness (QED) is 0.630. The molecule has 4 heteroatoms. The summed E-state index contributed by atoms with van der Waals surface area (Å²) in [7, 11) is 1.44. The van der Waals surface area contributed by atoms with Crippen molar-refractivity contribution in [2.24, 2.45) is 11.7 Å². The molecule has 2 aliphatic rings. The van der Waals surface area contributed by atoms with Crippen molar-refractivity contribution in [3.8, 4) is 0 Å². The first-order valence-electron chi connectivity index (χ1n) is 5.34. The van der Waals surface area contributed by atoms with Gasteiger partial charge in [0.25, 0.3) is 0 Å². The summed E-state index contributed by atoms with van der Waals surface area (Å²) < 4.78 is 4.76. The van der Waals surface area contributed by atoms with E-state index >= 15 is 0 Å². The van der Waals surface area contributed by atoms with Crippen molar-refractivity contribution in [2.45, 2.75) is 37.8 Å². The fraction of sp³-hybridized carbons (Fsp3) is 0.900. The first-order valence-corrected chi connectivity index (χ1v) is 5.34. The zero-order valence-corrected chi connectivity index (χ0v) is 8.61. The summed E-state index contributed by atoms with van der Waals surface area (Å²) in [5.74, 6) is 0.503. The highest BCUT2D eigenvalue weighted by molar-refractivity contribution is 5.68. The molecular formula is C10H18N2O2. The zero-order valence-electron chi connectivity index (χ0n) is 8.61. The Bertz CT molecular complexity index is 232. The van der Waals surface area contributed by atoms with Crippen LogP contribution < -0.4 is 5.73 Å². The largest absolute Gasteiger partial charge is 0.453 e. The summed E-state index contributed by atoms with van der Waals surface area (Å²) in [5, 5.41) is 0. The van der Waals surface area contributed by atoms with Crippen LogP contribution in [0.4, 0.5) is 4.79 Å². The van der Waals surface area contributed by atoms with Crippen molar-refractivity contribution in [3.05, 3.63) is 0 Å². The lowest BCUT2D eigenvalue weighted by Crippen LogP contribution is -2.45. The number of hydrogen-bond donors (Lipinski definition) is 1. The second kappa shape index (κ2) is 3.77. The molecule has 2 fully saturated rings. The van der Waals surface area contributed by atoms with Gasteiger partial charge in [0, 0.05) is 18.6 Å². The third kappa shape index (κ3) is 1.47. The van der Waals surface area contributed by atoms with Gasteiger partial charge in [-0.05, 0) is 31.6 Å². The van der Waals surface area contributed by atoms with Gasteiger partial charge >= 0.3 is 6.09 Å². The molecule has 0 unspecified atom stereocenters. The van der Waals surface area contributed by atoms with Gasteiger partial charge in [0.05, 0.1) is 7.11 Å². The molecule has 0 bridgehead atoms. The molecular weight excluding hydrogens is 180 g/mol. The molecule has 1 aliphatic heterocycles. The van der Waals surface area contributed by atoms with E-state index in [2.05, 4.69) is 0 Å². The zero-order chi connectivity index (χ0) is 10.1. The molecule has 2 rings (SSSR count). The smallest absolute Gasteiger partial charge is 0.409 e. The molecule has 0 radical (unpaired) electrons. The molecule has 0 aromatic heterocycles. The molecule has 1 heterocycles. The fourth-order valence-electron chi connectivity index (χ4n) is 2.87. The van der Waals surface area contributed by atoms with E-state index in [1.165, 1.54) is 7.11 Å². The maximum atomic E-state index is 11.4. The van der Waals surface area contributed by atoms with Crippen LogP contribution in [0.15, 0.2) is 0 Å². The fourth-order valence-corrected chi connectivity index (χ4v) is 2.87. The molecule has 0 aromatic carbocycles. The minimum atomic E-state index is -0.188. The van der Waals surface area contributed by atoms with Crippen LogP contribution in [0, 0.1) is 5.92 Å². The topological polar surface area (TPSA) is 55.6 Å². The molecule has 0 aromatic rings. The third-order valence-electron chi connectivity index (χ3n) is 3.59. The van der Waals surface area contributed by atoms with E-state index in [9.17, 15) is 4.79 Å². The van der Waals surface area contributed by atoms with Gasteiger partial charge in [0.15, 0.2) is 0 Å². The van der Waals surface area contributed by atoms with E-state index in [0.717, 1.165) is 32.2 Å². The van der Waals surface area contributed by atoms with Gasteiger partial charge in [-0.25, -0.2) is 4.79 Å². The SMILES string of the molecule is COC(=O)N1CC[C@@H]2[C@@H](N)CCC[C@@H]21. The number of methoxy groups -OCH3 is 1. The monoisotopic (exact) mass is 198 g/mol. The summed E-state index contributed by atoms with van der Waals surface area (Å²) >= 11 is 0. The van der Waals surface area contributed by atoms with Gasteiger partial charge in [-0.1, -0.05) is 0 Å². The number of carbonyl (C=O) groups excluding carboxylic acids is 1. The molecule has 1 aliphatic carbocycles. The number of rotatable bonds is 0.